The number of aromatic carboxylic acids is 1. The van der Waals surface area contributed by atoms with Crippen molar-refractivity contribution in [2.45, 2.75) is 64.8 Å². The normalized spacial score (nSPS) is 16.6. The number of aryl methyl sites for hydroxylation is 1. The molecule has 1 aliphatic carbocycles. The highest BCUT2D eigenvalue weighted by molar-refractivity contribution is 5.93. The monoisotopic (exact) mass is 456 g/mol. The van der Waals surface area contributed by atoms with Gasteiger partial charge in [-0.25, -0.2) is 4.79 Å². The average molecular weight is 457 g/mol. The van der Waals surface area contributed by atoms with Crippen LogP contribution in [0.2, 0.25) is 0 Å². The van der Waals surface area contributed by atoms with Crippen molar-refractivity contribution < 1.29 is 14.7 Å². The lowest BCUT2D eigenvalue weighted by atomic mass is 9.62. The maximum Gasteiger partial charge on any atom is 0.335 e. The molecule has 4 rings (SSSR count). The maximum absolute atomic E-state index is 13.0. The van der Waals surface area contributed by atoms with E-state index in [2.05, 4.69) is 37.2 Å². The number of rotatable bonds is 6. The lowest BCUT2D eigenvalue weighted by molar-refractivity contribution is -0.125. The summed E-state index contributed by atoms with van der Waals surface area (Å²) in [6.07, 6.45) is 8.98. The number of carbonyl (C=O) groups is 2. The zero-order valence-corrected chi connectivity index (χ0v) is 20.6. The first-order valence-electron chi connectivity index (χ1n) is 11.8. The number of ketones is 1. The summed E-state index contributed by atoms with van der Waals surface area (Å²) in [5.74, 6) is -0.644. The van der Waals surface area contributed by atoms with E-state index in [9.17, 15) is 14.7 Å². The Labute approximate surface area is 201 Å². The minimum absolute atomic E-state index is 0.230. The fourth-order valence-corrected chi connectivity index (χ4v) is 4.87. The van der Waals surface area contributed by atoms with E-state index in [1.54, 1.807) is 12.3 Å². The van der Waals surface area contributed by atoms with Gasteiger partial charge in [0.2, 0.25) is 0 Å². The summed E-state index contributed by atoms with van der Waals surface area (Å²) in [5.41, 5.74) is 5.79. The van der Waals surface area contributed by atoms with E-state index in [4.69, 9.17) is 0 Å². The summed E-state index contributed by atoms with van der Waals surface area (Å²) in [6, 6.07) is 11.8. The zero-order chi connectivity index (χ0) is 24.7. The van der Waals surface area contributed by atoms with Gasteiger partial charge in [0.25, 0.3) is 0 Å². The number of hydrogen-bond donors (Lipinski definition) is 1. The van der Waals surface area contributed by atoms with Crippen LogP contribution in [0.5, 0.6) is 0 Å². The maximum atomic E-state index is 13.0. The van der Waals surface area contributed by atoms with Crippen molar-refractivity contribution >= 4 is 23.9 Å². The molecular weight excluding hydrogens is 424 g/mol. The third kappa shape index (κ3) is 4.35. The van der Waals surface area contributed by atoms with Gasteiger partial charge in [0.1, 0.15) is 5.78 Å². The molecule has 1 aliphatic rings. The van der Waals surface area contributed by atoms with Gasteiger partial charge in [-0.15, -0.1) is 0 Å². The van der Waals surface area contributed by atoms with Gasteiger partial charge in [0.05, 0.1) is 12.1 Å². The summed E-state index contributed by atoms with van der Waals surface area (Å²) in [5, 5.41) is 13.8. The summed E-state index contributed by atoms with van der Waals surface area (Å²) in [7, 11) is 0. The smallest absolute Gasteiger partial charge is 0.335 e. The Hall–Kier alpha value is -3.47. The first-order valence-corrected chi connectivity index (χ1v) is 11.8. The van der Waals surface area contributed by atoms with Gasteiger partial charge in [-0.1, -0.05) is 57.2 Å². The molecule has 0 saturated carbocycles. The topological polar surface area (TPSA) is 72.2 Å². The SMILES string of the molecule is CCc1cc(/C=C/c2cc3c(cc2Cn2cccn2)C(C)(C)CC(=O)C3(C)C)ccc1C(=O)O. The first kappa shape index (κ1) is 23.7. The molecule has 5 nitrogen and oxygen atoms in total. The largest absolute Gasteiger partial charge is 0.478 e. The molecule has 1 N–H and O–H groups in total. The van der Waals surface area contributed by atoms with Crippen LogP contribution in [0.3, 0.4) is 0 Å². The molecule has 3 aromatic rings. The van der Waals surface area contributed by atoms with Crippen molar-refractivity contribution in [1.82, 2.24) is 9.78 Å². The Balaban J connectivity index is 1.83. The van der Waals surface area contributed by atoms with Crippen LogP contribution in [0.1, 0.15) is 84.8 Å². The molecule has 0 atom stereocenters. The Morgan fingerprint density at radius 2 is 1.85 bits per heavy atom. The van der Waals surface area contributed by atoms with Crippen LogP contribution in [0.15, 0.2) is 48.8 Å². The fraction of sp³-hybridized carbons (Fsp3) is 0.345. The molecule has 0 fully saturated rings. The Morgan fingerprint density at radius 1 is 1.09 bits per heavy atom. The van der Waals surface area contributed by atoms with Gasteiger partial charge in [0, 0.05) is 24.2 Å². The van der Waals surface area contributed by atoms with Crippen molar-refractivity contribution in [2.24, 2.45) is 0 Å². The van der Waals surface area contributed by atoms with Crippen molar-refractivity contribution in [3.8, 4) is 0 Å². The highest BCUT2D eigenvalue weighted by atomic mass is 16.4. The molecule has 0 saturated heterocycles. The molecule has 34 heavy (non-hydrogen) atoms. The molecule has 0 spiro atoms. The Bertz CT molecular complexity index is 1280. The number of carboxylic acids is 1. The zero-order valence-electron chi connectivity index (χ0n) is 20.6. The van der Waals surface area contributed by atoms with E-state index in [1.165, 1.54) is 5.56 Å². The predicted octanol–water partition coefficient (Wildman–Crippen LogP) is 5.89. The van der Waals surface area contributed by atoms with E-state index in [0.717, 1.165) is 27.8 Å². The second kappa shape index (κ2) is 8.71. The van der Waals surface area contributed by atoms with E-state index < -0.39 is 11.4 Å². The highest BCUT2D eigenvalue weighted by Crippen LogP contribution is 2.45. The molecule has 0 amide bonds. The molecule has 0 aliphatic heterocycles. The van der Waals surface area contributed by atoms with Crippen LogP contribution >= 0.6 is 0 Å². The van der Waals surface area contributed by atoms with E-state index in [1.807, 2.05) is 55.9 Å². The van der Waals surface area contributed by atoms with Crippen LogP contribution in [-0.2, 0) is 28.6 Å². The molecule has 176 valence electrons. The van der Waals surface area contributed by atoms with Crippen LogP contribution < -0.4 is 0 Å². The van der Waals surface area contributed by atoms with Gasteiger partial charge in [-0.2, -0.15) is 5.10 Å². The van der Waals surface area contributed by atoms with Crippen molar-refractivity contribution in [2.75, 3.05) is 0 Å². The number of fused-ring (bicyclic) bond motifs is 1. The second-order valence-corrected chi connectivity index (χ2v) is 10.3. The van der Waals surface area contributed by atoms with Crippen LogP contribution in [0.25, 0.3) is 12.2 Å². The van der Waals surface area contributed by atoms with Gasteiger partial charge in [0.15, 0.2) is 0 Å². The first-order chi connectivity index (χ1) is 16.0. The molecular formula is C29H32N2O3. The van der Waals surface area contributed by atoms with Crippen LogP contribution in [0.4, 0.5) is 0 Å². The molecule has 2 aromatic carbocycles. The number of Topliss-reactive ketones (excluding diaryl/α,β-unsaturated/α-hetero) is 1. The molecule has 0 bridgehead atoms. The van der Waals surface area contributed by atoms with Gasteiger partial charge in [-0.05, 0) is 71.2 Å². The van der Waals surface area contributed by atoms with Crippen molar-refractivity contribution in [3.05, 3.63) is 87.7 Å². The lowest BCUT2D eigenvalue weighted by Gasteiger charge is -2.41. The number of nitrogens with zero attached hydrogens (tertiary/aromatic N) is 2. The van der Waals surface area contributed by atoms with E-state index in [-0.39, 0.29) is 11.2 Å². The summed E-state index contributed by atoms with van der Waals surface area (Å²) >= 11 is 0. The Morgan fingerprint density at radius 3 is 2.50 bits per heavy atom. The second-order valence-electron chi connectivity index (χ2n) is 10.3. The number of carbonyl (C=O) groups excluding carboxylic acids is 1. The van der Waals surface area contributed by atoms with Gasteiger partial charge in [-0.3, -0.25) is 9.48 Å². The molecule has 0 radical (unpaired) electrons. The minimum atomic E-state index is -0.905. The molecule has 0 unspecified atom stereocenters. The summed E-state index contributed by atoms with van der Waals surface area (Å²) < 4.78 is 1.90. The number of hydrogen-bond acceptors (Lipinski definition) is 3. The lowest BCUT2D eigenvalue weighted by Crippen LogP contribution is -2.42. The number of benzene rings is 2. The minimum Gasteiger partial charge on any atom is -0.478 e. The van der Waals surface area contributed by atoms with Crippen molar-refractivity contribution in [3.63, 3.8) is 0 Å². The van der Waals surface area contributed by atoms with E-state index >= 15 is 0 Å². The molecule has 5 heteroatoms. The number of carboxylic acid groups (broad SMARTS) is 1. The fourth-order valence-electron chi connectivity index (χ4n) is 4.87. The third-order valence-electron chi connectivity index (χ3n) is 7.07. The number of aromatic nitrogens is 2. The van der Waals surface area contributed by atoms with Crippen LogP contribution in [0, 0.1) is 0 Å². The molecule has 1 heterocycles. The van der Waals surface area contributed by atoms with Crippen LogP contribution in [-0.4, -0.2) is 26.6 Å². The third-order valence-corrected chi connectivity index (χ3v) is 7.07. The molecule has 1 aromatic heterocycles. The summed E-state index contributed by atoms with van der Waals surface area (Å²) in [6.45, 7) is 10.9. The standard InChI is InChI=1S/C29H32N2O3/c1-6-20-14-19(9-11-23(20)27(33)34)8-10-21-15-25-24(16-22(21)18-31-13-7-12-30-31)28(2,3)17-26(32)29(25,4)5/h7-16H,6,17-18H2,1-5H3,(H,33,34)/b10-8+. The van der Waals surface area contributed by atoms with Gasteiger partial charge >= 0.3 is 5.97 Å². The predicted molar refractivity (Wildman–Crippen MR) is 135 cm³/mol. The quantitative estimate of drug-likeness (QED) is 0.470. The van der Waals surface area contributed by atoms with Crippen molar-refractivity contribution in [1.29, 1.82) is 0 Å². The Kier molecular flexibility index (Phi) is 6.07. The van der Waals surface area contributed by atoms with E-state index in [0.29, 0.717) is 24.9 Å². The van der Waals surface area contributed by atoms with Gasteiger partial charge < -0.3 is 5.11 Å². The summed E-state index contributed by atoms with van der Waals surface area (Å²) in [4.78, 5) is 24.5. The highest BCUT2D eigenvalue weighted by Gasteiger charge is 2.43. The average Bonchev–Trinajstić information content (AvgIpc) is 3.29.